The Morgan fingerprint density at radius 1 is 1.41 bits per heavy atom. The van der Waals surface area contributed by atoms with Crippen molar-refractivity contribution in [3.8, 4) is 17.6 Å². The number of carbonyl (C=O) groups is 1. The Morgan fingerprint density at radius 2 is 2.14 bits per heavy atom. The van der Waals surface area contributed by atoms with Gasteiger partial charge in [0.2, 0.25) is 0 Å². The van der Waals surface area contributed by atoms with Gasteiger partial charge >= 0.3 is 6.03 Å². The van der Waals surface area contributed by atoms with Crippen molar-refractivity contribution in [3.63, 3.8) is 0 Å². The first-order chi connectivity index (χ1) is 10.6. The van der Waals surface area contributed by atoms with Crippen molar-refractivity contribution in [1.29, 1.82) is 0 Å². The molecule has 0 spiro atoms. The summed E-state index contributed by atoms with van der Waals surface area (Å²) in [5, 5.41) is 9.79. The monoisotopic (exact) mass is 302 g/mol. The van der Waals surface area contributed by atoms with Crippen molar-refractivity contribution in [3.05, 3.63) is 29.8 Å². The van der Waals surface area contributed by atoms with Crippen LogP contribution in [-0.4, -0.2) is 28.4 Å². The molecule has 1 aliphatic rings. The third kappa shape index (κ3) is 4.68. The van der Waals surface area contributed by atoms with E-state index in [2.05, 4.69) is 11.8 Å². The second kappa shape index (κ2) is 7.71. The molecule has 1 aliphatic carbocycles. The van der Waals surface area contributed by atoms with E-state index >= 15 is 0 Å². The molecule has 1 saturated carbocycles. The molecular weight excluding hydrogens is 280 g/mol. The summed E-state index contributed by atoms with van der Waals surface area (Å²) < 4.78 is 5.99. The van der Waals surface area contributed by atoms with Gasteiger partial charge in [-0.3, -0.25) is 5.21 Å². The van der Waals surface area contributed by atoms with Gasteiger partial charge in [-0.05, 0) is 50.8 Å². The number of ether oxygens (including phenoxy) is 1. The zero-order valence-corrected chi connectivity index (χ0v) is 12.8. The molecule has 118 valence electrons. The summed E-state index contributed by atoms with van der Waals surface area (Å²) in [7, 11) is 0. The van der Waals surface area contributed by atoms with E-state index in [0.717, 1.165) is 24.2 Å². The summed E-state index contributed by atoms with van der Waals surface area (Å²) >= 11 is 0. The number of nitrogens with zero attached hydrogens (tertiary/aromatic N) is 1. The van der Waals surface area contributed by atoms with E-state index in [9.17, 15) is 10.0 Å². The Hall–Kier alpha value is -2.19. The van der Waals surface area contributed by atoms with E-state index in [1.165, 1.54) is 19.3 Å². The van der Waals surface area contributed by atoms with E-state index in [-0.39, 0.29) is 0 Å². The molecule has 3 N–H and O–H groups in total. The minimum Gasteiger partial charge on any atom is -0.490 e. The van der Waals surface area contributed by atoms with E-state index in [4.69, 9.17) is 10.5 Å². The summed E-state index contributed by atoms with van der Waals surface area (Å²) in [5.74, 6) is 6.51. The van der Waals surface area contributed by atoms with Gasteiger partial charge in [0.15, 0.2) is 0 Å². The molecule has 0 radical (unpaired) electrons. The third-order valence-electron chi connectivity index (χ3n) is 3.71. The lowest BCUT2D eigenvalue weighted by Crippen LogP contribution is -2.38. The molecule has 1 aromatic carbocycles. The molecule has 1 aromatic rings. The predicted octanol–water partition coefficient (Wildman–Crippen LogP) is 2.91. The molecule has 0 aromatic heterocycles. The Morgan fingerprint density at radius 3 is 2.82 bits per heavy atom. The standard InChI is InChI=1S/C17H22N2O3/c1-13(19(21)17(18)20)10-11-14-6-5-9-16(12-14)22-15-7-3-2-4-8-15/h5-6,9,12-13,15,21H,2-4,7-8H2,1H3,(H2,18,20). The van der Waals surface area contributed by atoms with E-state index < -0.39 is 12.1 Å². The lowest BCUT2D eigenvalue weighted by molar-refractivity contribution is -0.0536. The fraction of sp³-hybridized carbons (Fsp3) is 0.471. The van der Waals surface area contributed by atoms with E-state index in [1.807, 2.05) is 24.3 Å². The number of primary amides is 1. The topological polar surface area (TPSA) is 75.8 Å². The fourth-order valence-corrected chi connectivity index (χ4v) is 2.46. The molecule has 5 heteroatoms. The van der Waals surface area contributed by atoms with Gasteiger partial charge in [0.05, 0.1) is 6.10 Å². The zero-order valence-electron chi connectivity index (χ0n) is 12.8. The van der Waals surface area contributed by atoms with Crippen LogP contribution in [-0.2, 0) is 0 Å². The second-order valence-electron chi connectivity index (χ2n) is 5.53. The number of hydrogen-bond donors (Lipinski definition) is 2. The molecule has 0 heterocycles. The summed E-state index contributed by atoms with van der Waals surface area (Å²) in [6, 6.07) is 5.96. The average molecular weight is 302 g/mol. The van der Waals surface area contributed by atoms with E-state index in [1.54, 1.807) is 6.92 Å². The fourth-order valence-electron chi connectivity index (χ4n) is 2.46. The van der Waals surface area contributed by atoms with Crippen LogP contribution < -0.4 is 10.5 Å². The second-order valence-corrected chi connectivity index (χ2v) is 5.53. The first-order valence-corrected chi connectivity index (χ1v) is 7.62. The van der Waals surface area contributed by atoms with Crippen LogP contribution in [0.25, 0.3) is 0 Å². The zero-order chi connectivity index (χ0) is 15.9. The Kier molecular flexibility index (Phi) is 5.68. The number of benzene rings is 1. The van der Waals surface area contributed by atoms with Crippen molar-refractivity contribution in [2.45, 2.75) is 51.2 Å². The van der Waals surface area contributed by atoms with Gasteiger partial charge in [-0.1, -0.05) is 24.3 Å². The highest BCUT2D eigenvalue weighted by atomic mass is 16.5. The molecule has 5 nitrogen and oxygen atoms in total. The van der Waals surface area contributed by atoms with Gasteiger partial charge < -0.3 is 10.5 Å². The van der Waals surface area contributed by atoms with Crippen molar-refractivity contribution in [1.82, 2.24) is 5.06 Å². The first kappa shape index (κ1) is 16.2. The maximum absolute atomic E-state index is 10.8. The van der Waals surface area contributed by atoms with Crippen LogP contribution in [0.15, 0.2) is 24.3 Å². The smallest absolute Gasteiger partial charge is 0.339 e. The van der Waals surface area contributed by atoms with Crippen molar-refractivity contribution in [2.24, 2.45) is 5.73 Å². The largest absolute Gasteiger partial charge is 0.490 e. The van der Waals surface area contributed by atoms with Crippen molar-refractivity contribution in [2.75, 3.05) is 0 Å². The van der Waals surface area contributed by atoms with Crippen LogP contribution in [0.3, 0.4) is 0 Å². The number of rotatable bonds is 3. The first-order valence-electron chi connectivity index (χ1n) is 7.62. The van der Waals surface area contributed by atoms with Gasteiger partial charge in [0.25, 0.3) is 0 Å². The van der Waals surface area contributed by atoms with E-state index in [0.29, 0.717) is 11.2 Å². The van der Waals surface area contributed by atoms with Gasteiger partial charge in [0, 0.05) is 5.56 Å². The number of amides is 2. The van der Waals surface area contributed by atoms with Crippen LogP contribution in [0.4, 0.5) is 4.79 Å². The average Bonchev–Trinajstić information content (AvgIpc) is 2.53. The highest BCUT2D eigenvalue weighted by Crippen LogP contribution is 2.23. The molecule has 1 atom stereocenters. The number of nitrogens with two attached hydrogens (primary N) is 1. The number of hydrogen-bond acceptors (Lipinski definition) is 3. The molecule has 0 bridgehead atoms. The van der Waals surface area contributed by atoms with Gasteiger partial charge in [-0.2, -0.15) is 5.06 Å². The summed E-state index contributed by atoms with van der Waals surface area (Å²) in [4.78, 5) is 10.8. The van der Waals surface area contributed by atoms with Crippen LogP contribution in [0.2, 0.25) is 0 Å². The molecule has 22 heavy (non-hydrogen) atoms. The minimum absolute atomic E-state index is 0.290. The van der Waals surface area contributed by atoms with Crippen LogP contribution in [0, 0.1) is 11.8 Å². The van der Waals surface area contributed by atoms with Crippen LogP contribution in [0.5, 0.6) is 5.75 Å². The number of urea groups is 1. The lowest BCUT2D eigenvalue weighted by atomic mass is 9.98. The number of hydroxylamine groups is 2. The molecule has 1 fully saturated rings. The number of carbonyl (C=O) groups excluding carboxylic acids is 1. The lowest BCUT2D eigenvalue weighted by Gasteiger charge is -2.23. The van der Waals surface area contributed by atoms with Crippen molar-refractivity contribution < 1.29 is 14.7 Å². The maximum Gasteiger partial charge on any atom is 0.339 e. The molecule has 2 amide bonds. The SMILES string of the molecule is CC(C#Cc1cccc(OC2CCCCC2)c1)N(O)C(N)=O. The van der Waals surface area contributed by atoms with Crippen LogP contribution in [0.1, 0.15) is 44.6 Å². The van der Waals surface area contributed by atoms with Gasteiger partial charge in [-0.25, -0.2) is 4.79 Å². The molecule has 0 saturated heterocycles. The van der Waals surface area contributed by atoms with Gasteiger partial charge in [-0.15, -0.1) is 0 Å². The Balaban J connectivity index is 2.00. The Labute approximate surface area is 131 Å². The highest BCUT2D eigenvalue weighted by Gasteiger charge is 2.15. The summed E-state index contributed by atoms with van der Waals surface area (Å²) in [6.45, 7) is 1.60. The predicted molar refractivity (Wildman–Crippen MR) is 83.5 cm³/mol. The summed E-state index contributed by atoms with van der Waals surface area (Å²) in [6.07, 6.45) is 6.23. The molecular formula is C17H22N2O3. The third-order valence-corrected chi connectivity index (χ3v) is 3.71. The molecule has 2 rings (SSSR count). The minimum atomic E-state index is -0.920. The highest BCUT2D eigenvalue weighted by molar-refractivity contribution is 5.71. The molecule has 0 aliphatic heterocycles. The van der Waals surface area contributed by atoms with Crippen molar-refractivity contribution >= 4 is 6.03 Å². The summed E-state index contributed by atoms with van der Waals surface area (Å²) in [5.41, 5.74) is 5.76. The quantitative estimate of drug-likeness (QED) is 0.512. The van der Waals surface area contributed by atoms with Crippen LogP contribution >= 0.6 is 0 Å². The maximum atomic E-state index is 10.8. The Bertz CT molecular complexity index is 571. The normalized spacial score (nSPS) is 16.3. The molecule has 1 unspecified atom stereocenters. The van der Waals surface area contributed by atoms with Gasteiger partial charge in [0.1, 0.15) is 11.8 Å².